The molecule has 6 nitrogen and oxygen atoms in total. The summed E-state index contributed by atoms with van der Waals surface area (Å²) in [6.45, 7) is 2.33. The highest BCUT2D eigenvalue weighted by atomic mass is 32.2. The van der Waals surface area contributed by atoms with Gasteiger partial charge in [-0.15, -0.1) is 0 Å². The standard InChI is InChI=1S/C18H20F2N2O4S/c1-13-2-4-14(5-3-13)26-11-10-21-18(23)8-9-22-27(24,25)15-6-7-16(19)17(20)12-15/h2-7,12,22H,8-11H2,1H3,(H,21,23). The number of ether oxygens (including phenoxy) is 1. The molecule has 0 radical (unpaired) electrons. The van der Waals surface area contributed by atoms with Crippen molar-refractivity contribution >= 4 is 15.9 Å². The van der Waals surface area contributed by atoms with Gasteiger partial charge in [0.25, 0.3) is 0 Å². The molecule has 0 saturated heterocycles. The Labute approximate surface area is 156 Å². The summed E-state index contributed by atoms with van der Waals surface area (Å²) >= 11 is 0. The first-order valence-corrected chi connectivity index (χ1v) is 9.67. The first kappa shape index (κ1) is 20.8. The summed E-state index contributed by atoms with van der Waals surface area (Å²) in [7, 11) is -4.02. The second kappa shape index (κ2) is 9.43. The molecule has 2 aromatic rings. The molecule has 0 saturated carbocycles. The van der Waals surface area contributed by atoms with Crippen LogP contribution in [0.25, 0.3) is 0 Å². The van der Waals surface area contributed by atoms with E-state index in [1.54, 1.807) is 0 Å². The Morgan fingerprint density at radius 2 is 1.74 bits per heavy atom. The van der Waals surface area contributed by atoms with Crippen LogP contribution in [0.3, 0.4) is 0 Å². The van der Waals surface area contributed by atoms with E-state index in [4.69, 9.17) is 4.74 Å². The maximum Gasteiger partial charge on any atom is 0.240 e. The summed E-state index contributed by atoms with van der Waals surface area (Å²) in [5.74, 6) is -2.07. The summed E-state index contributed by atoms with van der Waals surface area (Å²) in [5.41, 5.74) is 1.11. The molecule has 0 heterocycles. The van der Waals surface area contributed by atoms with Gasteiger partial charge in [-0.1, -0.05) is 17.7 Å². The van der Waals surface area contributed by atoms with E-state index in [0.29, 0.717) is 11.8 Å². The Kier molecular flexibility index (Phi) is 7.26. The van der Waals surface area contributed by atoms with E-state index in [-0.39, 0.29) is 32.0 Å². The normalized spacial score (nSPS) is 11.2. The molecule has 2 rings (SSSR count). The van der Waals surface area contributed by atoms with E-state index in [1.165, 1.54) is 0 Å². The Morgan fingerprint density at radius 1 is 1.04 bits per heavy atom. The highest BCUT2D eigenvalue weighted by molar-refractivity contribution is 7.89. The van der Waals surface area contributed by atoms with Crippen molar-refractivity contribution in [2.24, 2.45) is 0 Å². The van der Waals surface area contributed by atoms with E-state index in [0.717, 1.165) is 17.7 Å². The number of sulfonamides is 1. The summed E-state index contributed by atoms with van der Waals surface area (Å²) < 4.78 is 57.6. The summed E-state index contributed by atoms with van der Waals surface area (Å²) in [6, 6.07) is 9.72. The number of aryl methyl sites for hydroxylation is 1. The Morgan fingerprint density at radius 3 is 2.41 bits per heavy atom. The molecule has 0 aliphatic rings. The van der Waals surface area contributed by atoms with Crippen molar-refractivity contribution < 1.29 is 26.7 Å². The number of rotatable bonds is 9. The summed E-state index contributed by atoms with van der Waals surface area (Å²) in [4.78, 5) is 11.3. The van der Waals surface area contributed by atoms with E-state index < -0.39 is 26.6 Å². The zero-order valence-corrected chi connectivity index (χ0v) is 15.5. The number of carbonyl (C=O) groups is 1. The first-order chi connectivity index (χ1) is 12.8. The maximum atomic E-state index is 13.1. The number of benzene rings is 2. The first-order valence-electron chi connectivity index (χ1n) is 8.19. The van der Waals surface area contributed by atoms with Gasteiger partial charge < -0.3 is 10.1 Å². The van der Waals surface area contributed by atoms with Crippen LogP contribution in [0.2, 0.25) is 0 Å². The van der Waals surface area contributed by atoms with Crippen molar-refractivity contribution in [3.63, 3.8) is 0 Å². The van der Waals surface area contributed by atoms with Gasteiger partial charge in [-0.25, -0.2) is 21.9 Å². The fraction of sp³-hybridized carbons (Fsp3) is 0.278. The minimum absolute atomic E-state index is 0.104. The molecule has 0 spiro atoms. The van der Waals surface area contributed by atoms with Gasteiger partial charge in [-0.05, 0) is 37.3 Å². The average molecular weight is 398 g/mol. The zero-order chi connectivity index (χ0) is 19.9. The largest absolute Gasteiger partial charge is 0.492 e. The van der Waals surface area contributed by atoms with Gasteiger partial charge in [0.15, 0.2) is 11.6 Å². The minimum Gasteiger partial charge on any atom is -0.492 e. The third-order valence-corrected chi connectivity index (χ3v) is 5.02. The number of hydrogen-bond donors (Lipinski definition) is 2. The molecule has 0 aliphatic carbocycles. The van der Waals surface area contributed by atoms with Crippen LogP contribution in [0.15, 0.2) is 47.4 Å². The molecule has 146 valence electrons. The predicted octanol–water partition coefficient (Wildman–Crippen LogP) is 2.14. The topological polar surface area (TPSA) is 84.5 Å². The molecule has 27 heavy (non-hydrogen) atoms. The quantitative estimate of drug-likeness (QED) is 0.634. The van der Waals surface area contributed by atoms with Gasteiger partial charge >= 0.3 is 0 Å². The molecule has 0 aliphatic heterocycles. The average Bonchev–Trinajstić information content (AvgIpc) is 2.62. The van der Waals surface area contributed by atoms with Crippen LogP contribution < -0.4 is 14.8 Å². The van der Waals surface area contributed by atoms with Crippen molar-refractivity contribution in [3.05, 3.63) is 59.7 Å². The fourth-order valence-electron chi connectivity index (χ4n) is 2.11. The molecule has 0 fully saturated rings. The van der Waals surface area contributed by atoms with Gasteiger partial charge in [0.05, 0.1) is 11.4 Å². The zero-order valence-electron chi connectivity index (χ0n) is 14.7. The molecule has 2 aromatic carbocycles. The predicted molar refractivity (Wildman–Crippen MR) is 95.8 cm³/mol. The lowest BCUT2D eigenvalue weighted by atomic mass is 10.2. The molecule has 2 N–H and O–H groups in total. The van der Waals surface area contributed by atoms with Crippen molar-refractivity contribution in [3.8, 4) is 5.75 Å². The smallest absolute Gasteiger partial charge is 0.240 e. The Hall–Kier alpha value is -2.52. The highest BCUT2D eigenvalue weighted by Gasteiger charge is 2.16. The van der Waals surface area contributed by atoms with Crippen molar-refractivity contribution in [2.75, 3.05) is 19.7 Å². The lowest BCUT2D eigenvalue weighted by Crippen LogP contribution is -2.32. The molecular weight excluding hydrogens is 378 g/mol. The van der Waals surface area contributed by atoms with Crippen molar-refractivity contribution in [1.29, 1.82) is 0 Å². The van der Waals surface area contributed by atoms with Crippen LogP contribution in [-0.2, 0) is 14.8 Å². The minimum atomic E-state index is -4.02. The monoisotopic (exact) mass is 398 g/mol. The van der Waals surface area contributed by atoms with Crippen LogP contribution in [0, 0.1) is 18.6 Å². The molecular formula is C18H20F2N2O4S. The van der Waals surface area contributed by atoms with E-state index in [1.807, 2.05) is 31.2 Å². The molecule has 0 aromatic heterocycles. The third kappa shape index (κ3) is 6.61. The summed E-state index contributed by atoms with van der Waals surface area (Å²) in [5, 5.41) is 2.60. The maximum absolute atomic E-state index is 13.1. The number of hydrogen-bond acceptors (Lipinski definition) is 4. The SMILES string of the molecule is Cc1ccc(OCCNC(=O)CCNS(=O)(=O)c2ccc(F)c(F)c2)cc1. The fourth-order valence-corrected chi connectivity index (χ4v) is 3.15. The number of carbonyl (C=O) groups excluding carboxylic acids is 1. The summed E-state index contributed by atoms with van der Waals surface area (Å²) in [6.07, 6.45) is -0.104. The Balaban J connectivity index is 1.69. The van der Waals surface area contributed by atoms with E-state index >= 15 is 0 Å². The number of nitrogens with one attached hydrogen (secondary N) is 2. The number of amides is 1. The second-order valence-corrected chi connectivity index (χ2v) is 7.50. The van der Waals surface area contributed by atoms with Gasteiger partial charge in [-0.2, -0.15) is 0 Å². The van der Waals surface area contributed by atoms with Crippen LogP contribution in [-0.4, -0.2) is 34.0 Å². The van der Waals surface area contributed by atoms with Gasteiger partial charge in [0.1, 0.15) is 12.4 Å². The Bertz CT molecular complexity index is 887. The lowest BCUT2D eigenvalue weighted by molar-refractivity contribution is -0.121. The molecule has 0 bridgehead atoms. The van der Waals surface area contributed by atoms with Crippen molar-refractivity contribution in [2.45, 2.75) is 18.2 Å². The van der Waals surface area contributed by atoms with E-state index in [2.05, 4.69) is 10.0 Å². The highest BCUT2D eigenvalue weighted by Crippen LogP contribution is 2.13. The molecule has 0 unspecified atom stereocenters. The number of halogens is 2. The molecule has 1 amide bonds. The van der Waals surface area contributed by atoms with Crippen molar-refractivity contribution in [1.82, 2.24) is 10.0 Å². The van der Waals surface area contributed by atoms with Gasteiger partial charge in [0, 0.05) is 13.0 Å². The lowest BCUT2D eigenvalue weighted by Gasteiger charge is -2.09. The van der Waals surface area contributed by atoms with Gasteiger partial charge in [-0.3, -0.25) is 4.79 Å². The molecule has 0 atom stereocenters. The van der Waals surface area contributed by atoms with Crippen LogP contribution in [0.1, 0.15) is 12.0 Å². The van der Waals surface area contributed by atoms with Crippen LogP contribution in [0.5, 0.6) is 5.75 Å². The van der Waals surface area contributed by atoms with E-state index in [9.17, 15) is 22.0 Å². The molecule has 9 heteroatoms. The van der Waals surface area contributed by atoms with Crippen LogP contribution in [0.4, 0.5) is 8.78 Å². The second-order valence-electron chi connectivity index (χ2n) is 5.74. The third-order valence-electron chi connectivity index (χ3n) is 3.56. The van der Waals surface area contributed by atoms with Crippen LogP contribution >= 0.6 is 0 Å². The van der Waals surface area contributed by atoms with Gasteiger partial charge in [0.2, 0.25) is 15.9 Å².